The average Bonchev–Trinajstić information content (AvgIpc) is 2.31. The number of nitrogens with two attached hydrogens (primary N) is 1. The van der Waals surface area contributed by atoms with E-state index in [0.29, 0.717) is 24.2 Å². The van der Waals surface area contributed by atoms with Gasteiger partial charge in [0.2, 0.25) is 0 Å². The minimum absolute atomic E-state index is 0.415. The Hall–Kier alpha value is -0.0800. The second kappa shape index (κ2) is 2.76. The van der Waals surface area contributed by atoms with Crippen LogP contribution in [0.1, 0.15) is 32.6 Å². The fraction of sp³-hybridized carbons (Fsp3) is 1.00. The molecule has 1 aliphatic carbocycles. The summed E-state index contributed by atoms with van der Waals surface area (Å²) in [6, 6.07) is 0.415. The summed E-state index contributed by atoms with van der Waals surface area (Å²) < 4.78 is 5.76. The Morgan fingerprint density at radius 3 is 2.91 bits per heavy atom. The van der Waals surface area contributed by atoms with Gasteiger partial charge in [0.1, 0.15) is 0 Å². The normalized spacial score (nSPS) is 50.7. The van der Waals surface area contributed by atoms with Gasteiger partial charge < -0.3 is 10.5 Å². The molecule has 1 saturated heterocycles. The van der Waals surface area contributed by atoms with Gasteiger partial charge >= 0.3 is 0 Å². The first-order valence-electron chi connectivity index (χ1n) is 4.68. The second-order valence-corrected chi connectivity index (χ2v) is 3.98. The fourth-order valence-corrected chi connectivity index (χ4v) is 2.49. The van der Waals surface area contributed by atoms with E-state index >= 15 is 0 Å². The third-order valence-corrected chi connectivity index (χ3v) is 3.06. The van der Waals surface area contributed by atoms with Gasteiger partial charge in [-0.15, -0.1) is 0 Å². The van der Waals surface area contributed by atoms with Crippen molar-refractivity contribution in [3.8, 4) is 0 Å². The van der Waals surface area contributed by atoms with Crippen molar-refractivity contribution in [1.29, 1.82) is 0 Å². The van der Waals surface area contributed by atoms with Crippen LogP contribution in [0.5, 0.6) is 0 Å². The zero-order chi connectivity index (χ0) is 7.84. The Labute approximate surface area is 68.1 Å². The van der Waals surface area contributed by atoms with Gasteiger partial charge in [0.25, 0.3) is 0 Å². The van der Waals surface area contributed by atoms with Crippen molar-refractivity contribution in [3.05, 3.63) is 0 Å². The van der Waals surface area contributed by atoms with Crippen LogP contribution in [-0.4, -0.2) is 18.2 Å². The molecular formula is C9H17NO. The summed E-state index contributed by atoms with van der Waals surface area (Å²) in [4.78, 5) is 0. The van der Waals surface area contributed by atoms with Crippen LogP contribution in [-0.2, 0) is 4.74 Å². The highest BCUT2D eigenvalue weighted by Crippen LogP contribution is 2.36. The zero-order valence-electron chi connectivity index (χ0n) is 7.12. The van der Waals surface area contributed by atoms with Gasteiger partial charge in [0.05, 0.1) is 12.2 Å². The highest BCUT2D eigenvalue weighted by Gasteiger charge is 2.38. The van der Waals surface area contributed by atoms with E-state index in [0.717, 1.165) is 0 Å². The molecule has 0 aromatic carbocycles. The van der Waals surface area contributed by atoms with Crippen molar-refractivity contribution >= 4 is 0 Å². The second-order valence-electron chi connectivity index (χ2n) is 3.98. The molecule has 2 heteroatoms. The maximum absolute atomic E-state index is 6.00. The van der Waals surface area contributed by atoms with E-state index in [1.165, 1.54) is 25.7 Å². The Balaban J connectivity index is 2.03. The van der Waals surface area contributed by atoms with Crippen LogP contribution >= 0.6 is 0 Å². The first-order valence-corrected chi connectivity index (χ1v) is 4.68. The van der Waals surface area contributed by atoms with Gasteiger partial charge in [-0.25, -0.2) is 0 Å². The number of ether oxygens (including phenoxy) is 1. The van der Waals surface area contributed by atoms with Crippen molar-refractivity contribution in [2.24, 2.45) is 11.7 Å². The summed E-state index contributed by atoms with van der Waals surface area (Å²) in [5.41, 5.74) is 6.00. The molecule has 2 aliphatic rings. The first-order chi connectivity index (χ1) is 5.27. The van der Waals surface area contributed by atoms with Gasteiger partial charge in [-0.05, 0) is 32.6 Å². The molecule has 2 N–H and O–H groups in total. The minimum atomic E-state index is 0.415. The molecule has 11 heavy (non-hydrogen) atoms. The molecule has 4 atom stereocenters. The van der Waals surface area contributed by atoms with Gasteiger partial charge in [-0.3, -0.25) is 0 Å². The summed E-state index contributed by atoms with van der Waals surface area (Å²) in [6.45, 7) is 2.16. The summed E-state index contributed by atoms with van der Waals surface area (Å²) in [7, 11) is 0. The van der Waals surface area contributed by atoms with E-state index in [4.69, 9.17) is 10.5 Å². The Morgan fingerprint density at radius 2 is 2.18 bits per heavy atom. The highest BCUT2D eigenvalue weighted by atomic mass is 16.5. The Kier molecular flexibility index (Phi) is 1.90. The standard InChI is InChI=1S/C9H17NO/c1-6-5-7-8(10)3-2-4-9(7)11-6/h6-9H,2-5,10H2,1H3/t6-,7-,8-,9-/m1/s1. The molecule has 2 fully saturated rings. The number of hydrogen-bond donors (Lipinski definition) is 1. The summed E-state index contributed by atoms with van der Waals surface area (Å²) >= 11 is 0. The molecule has 2 rings (SSSR count). The smallest absolute Gasteiger partial charge is 0.0622 e. The van der Waals surface area contributed by atoms with E-state index in [1.807, 2.05) is 0 Å². The molecular weight excluding hydrogens is 138 g/mol. The van der Waals surface area contributed by atoms with Gasteiger partial charge in [0.15, 0.2) is 0 Å². The quantitative estimate of drug-likeness (QED) is 0.572. The lowest BCUT2D eigenvalue weighted by Gasteiger charge is -2.29. The van der Waals surface area contributed by atoms with Crippen LogP contribution in [0.15, 0.2) is 0 Å². The number of rotatable bonds is 0. The SMILES string of the molecule is C[C@@H]1C[C@@H]2[C@H](N)CCC[C@H]2O1. The molecule has 0 amide bonds. The van der Waals surface area contributed by atoms with Crippen molar-refractivity contribution in [1.82, 2.24) is 0 Å². The summed E-state index contributed by atoms with van der Waals surface area (Å²) in [5, 5.41) is 0. The number of hydrogen-bond acceptors (Lipinski definition) is 2. The molecule has 0 radical (unpaired) electrons. The third kappa shape index (κ3) is 1.30. The van der Waals surface area contributed by atoms with Crippen LogP contribution in [0.4, 0.5) is 0 Å². The van der Waals surface area contributed by atoms with E-state index in [2.05, 4.69) is 6.92 Å². The van der Waals surface area contributed by atoms with Crippen LogP contribution in [0.3, 0.4) is 0 Å². The van der Waals surface area contributed by atoms with Gasteiger partial charge in [-0.1, -0.05) is 0 Å². The minimum Gasteiger partial charge on any atom is -0.375 e. The molecule has 0 aromatic heterocycles. The lowest BCUT2D eigenvalue weighted by Crippen LogP contribution is -2.38. The van der Waals surface area contributed by atoms with Crippen LogP contribution < -0.4 is 5.73 Å². The Bertz CT molecular complexity index is 148. The van der Waals surface area contributed by atoms with E-state index in [9.17, 15) is 0 Å². The lowest BCUT2D eigenvalue weighted by molar-refractivity contribution is 0.0230. The Morgan fingerprint density at radius 1 is 1.36 bits per heavy atom. The van der Waals surface area contributed by atoms with Gasteiger partial charge in [0, 0.05) is 12.0 Å². The van der Waals surface area contributed by atoms with Crippen molar-refractivity contribution < 1.29 is 4.74 Å². The first kappa shape index (κ1) is 7.56. The van der Waals surface area contributed by atoms with E-state index < -0.39 is 0 Å². The largest absolute Gasteiger partial charge is 0.375 e. The summed E-state index contributed by atoms with van der Waals surface area (Å²) in [6.07, 6.45) is 5.84. The van der Waals surface area contributed by atoms with E-state index in [-0.39, 0.29) is 0 Å². The zero-order valence-corrected chi connectivity index (χ0v) is 7.12. The maximum atomic E-state index is 6.00. The molecule has 1 heterocycles. The van der Waals surface area contributed by atoms with Crippen LogP contribution in [0.25, 0.3) is 0 Å². The van der Waals surface area contributed by atoms with Crippen molar-refractivity contribution in [2.75, 3.05) is 0 Å². The van der Waals surface area contributed by atoms with Crippen molar-refractivity contribution in [3.63, 3.8) is 0 Å². The lowest BCUT2D eigenvalue weighted by atomic mass is 9.82. The molecule has 2 nitrogen and oxygen atoms in total. The third-order valence-electron chi connectivity index (χ3n) is 3.06. The van der Waals surface area contributed by atoms with Gasteiger partial charge in [-0.2, -0.15) is 0 Å². The predicted molar refractivity (Wildman–Crippen MR) is 44.3 cm³/mol. The average molecular weight is 155 g/mol. The molecule has 1 aliphatic heterocycles. The maximum Gasteiger partial charge on any atom is 0.0622 e. The molecule has 0 bridgehead atoms. The molecule has 0 unspecified atom stereocenters. The van der Waals surface area contributed by atoms with Crippen molar-refractivity contribution in [2.45, 2.75) is 50.9 Å². The van der Waals surface area contributed by atoms with E-state index in [1.54, 1.807) is 0 Å². The predicted octanol–water partition coefficient (Wildman–Crippen LogP) is 1.29. The molecule has 0 spiro atoms. The molecule has 0 aromatic rings. The topological polar surface area (TPSA) is 35.2 Å². The summed E-state index contributed by atoms with van der Waals surface area (Å²) in [5.74, 6) is 0.666. The monoisotopic (exact) mass is 155 g/mol. The van der Waals surface area contributed by atoms with Crippen LogP contribution in [0, 0.1) is 5.92 Å². The molecule has 1 saturated carbocycles. The highest BCUT2D eigenvalue weighted by molar-refractivity contribution is 4.90. The molecule has 64 valence electrons. The number of fused-ring (bicyclic) bond motifs is 1. The van der Waals surface area contributed by atoms with Crippen LogP contribution in [0.2, 0.25) is 0 Å². The fourth-order valence-electron chi connectivity index (χ4n) is 2.49.